The van der Waals surface area contributed by atoms with E-state index in [1.54, 1.807) is 18.2 Å². The van der Waals surface area contributed by atoms with Crippen LogP contribution >= 0.6 is 15.9 Å². The third kappa shape index (κ3) is 3.15. The number of benzene rings is 1. The molecule has 4 fully saturated rings. The number of amides is 1. The molecule has 146 valence electrons. The minimum absolute atomic E-state index is 0.102. The summed E-state index contributed by atoms with van der Waals surface area (Å²) in [6, 6.07) is 6.94. The predicted octanol–water partition coefficient (Wildman–Crippen LogP) is 4.11. The Hall–Kier alpha value is -2.15. The molecule has 1 heterocycles. The van der Waals surface area contributed by atoms with Crippen molar-refractivity contribution in [2.24, 2.45) is 22.9 Å². The third-order valence-corrected chi connectivity index (χ3v) is 7.27. The fraction of sp³-hybridized carbons (Fsp3) is 0.476. The monoisotopic (exact) mass is 442 g/mol. The van der Waals surface area contributed by atoms with Gasteiger partial charge in [0.1, 0.15) is 5.75 Å². The number of H-pyrrole nitrogens is 1. The lowest BCUT2D eigenvalue weighted by molar-refractivity contribution is -0.00721. The van der Waals surface area contributed by atoms with E-state index in [0.717, 1.165) is 27.9 Å². The molecule has 3 N–H and O–H groups in total. The second kappa shape index (κ2) is 6.72. The van der Waals surface area contributed by atoms with Gasteiger partial charge in [0.15, 0.2) is 5.69 Å². The normalized spacial score (nSPS) is 30.8. The first-order valence-corrected chi connectivity index (χ1v) is 10.7. The van der Waals surface area contributed by atoms with Crippen LogP contribution in [-0.2, 0) is 5.41 Å². The van der Waals surface area contributed by atoms with E-state index in [-0.39, 0.29) is 17.1 Å². The van der Waals surface area contributed by atoms with Crippen LogP contribution in [0.1, 0.15) is 60.3 Å². The van der Waals surface area contributed by atoms with Crippen molar-refractivity contribution in [2.45, 2.75) is 43.9 Å². The van der Waals surface area contributed by atoms with Crippen molar-refractivity contribution < 1.29 is 9.90 Å². The summed E-state index contributed by atoms with van der Waals surface area (Å²) in [6.07, 6.45) is 9.26. The summed E-state index contributed by atoms with van der Waals surface area (Å²) in [5, 5.41) is 21.2. The molecule has 0 unspecified atom stereocenters. The Morgan fingerprint density at radius 2 is 1.89 bits per heavy atom. The zero-order valence-electron chi connectivity index (χ0n) is 15.5. The van der Waals surface area contributed by atoms with Crippen molar-refractivity contribution in [3.63, 3.8) is 0 Å². The number of hydrogen-bond donors (Lipinski definition) is 3. The number of hydrazone groups is 1. The first-order chi connectivity index (χ1) is 13.5. The van der Waals surface area contributed by atoms with E-state index in [1.165, 1.54) is 44.7 Å². The predicted molar refractivity (Wildman–Crippen MR) is 109 cm³/mol. The van der Waals surface area contributed by atoms with Crippen molar-refractivity contribution in [1.29, 1.82) is 0 Å². The highest BCUT2D eigenvalue weighted by Gasteiger charge is 2.52. The Kier molecular flexibility index (Phi) is 4.30. The van der Waals surface area contributed by atoms with Gasteiger partial charge < -0.3 is 5.11 Å². The van der Waals surface area contributed by atoms with Crippen LogP contribution in [0, 0.1) is 17.8 Å². The summed E-state index contributed by atoms with van der Waals surface area (Å²) in [7, 11) is 0. The van der Waals surface area contributed by atoms with Gasteiger partial charge in [-0.05, 0) is 80.5 Å². The van der Waals surface area contributed by atoms with Crippen LogP contribution in [0.2, 0.25) is 0 Å². The van der Waals surface area contributed by atoms with Crippen LogP contribution in [0.3, 0.4) is 0 Å². The number of aromatic hydroxyl groups is 1. The van der Waals surface area contributed by atoms with Crippen molar-refractivity contribution >= 4 is 28.1 Å². The van der Waals surface area contributed by atoms with Gasteiger partial charge in [-0.15, -0.1) is 0 Å². The first-order valence-electron chi connectivity index (χ1n) is 9.88. The van der Waals surface area contributed by atoms with Gasteiger partial charge in [-0.3, -0.25) is 9.89 Å². The fourth-order valence-electron chi connectivity index (χ4n) is 6.00. The standard InChI is InChI=1S/C21H23BrN4O2/c22-16-1-2-18(27)15(6-16)11-23-26-20(28)17-7-19(25-24-17)21-8-12-3-13(9-21)5-14(4-12)10-21/h1-2,6-7,11-14,27H,3-5,8-10H2,(H,24,25)(H,26,28)/b23-11-. The molecule has 0 aliphatic heterocycles. The molecule has 1 aromatic carbocycles. The molecule has 0 spiro atoms. The van der Waals surface area contributed by atoms with Gasteiger partial charge in [0, 0.05) is 21.1 Å². The molecule has 1 aromatic heterocycles. The molecule has 0 saturated heterocycles. The maximum absolute atomic E-state index is 12.4. The number of aromatic nitrogens is 2. The third-order valence-electron chi connectivity index (χ3n) is 6.78. The number of phenolic OH excluding ortho intramolecular Hbond substituents is 1. The second-order valence-electron chi connectivity index (χ2n) is 8.77. The van der Waals surface area contributed by atoms with Gasteiger partial charge in [-0.25, -0.2) is 5.43 Å². The van der Waals surface area contributed by atoms with Crippen LogP contribution in [0.15, 0.2) is 33.8 Å². The summed E-state index contributed by atoms with van der Waals surface area (Å²) in [6.45, 7) is 0. The first kappa shape index (κ1) is 17.9. The molecular formula is C21H23BrN4O2. The topological polar surface area (TPSA) is 90.4 Å². The molecule has 2 aromatic rings. The van der Waals surface area contributed by atoms with Crippen molar-refractivity contribution in [3.05, 3.63) is 45.7 Å². The molecular weight excluding hydrogens is 420 g/mol. The minimum Gasteiger partial charge on any atom is -0.507 e. The molecule has 4 aliphatic carbocycles. The lowest BCUT2D eigenvalue weighted by Crippen LogP contribution is -2.48. The van der Waals surface area contributed by atoms with E-state index in [1.807, 2.05) is 6.07 Å². The average molecular weight is 443 g/mol. The fourth-order valence-corrected chi connectivity index (χ4v) is 6.38. The summed E-state index contributed by atoms with van der Waals surface area (Å²) in [5.41, 5.74) is 4.69. The summed E-state index contributed by atoms with van der Waals surface area (Å²) in [4.78, 5) is 12.4. The smallest absolute Gasteiger partial charge is 0.291 e. The maximum Gasteiger partial charge on any atom is 0.291 e. The zero-order valence-corrected chi connectivity index (χ0v) is 17.1. The van der Waals surface area contributed by atoms with E-state index in [4.69, 9.17) is 0 Å². The minimum atomic E-state index is -0.349. The summed E-state index contributed by atoms with van der Waals surface area (Å²) < 4.78 is 0.825. The van der Waals surface area contributed by atoms with Crippen LogP contribution in [0.4, 0.5) is 0 Å². The number of halogens is 1. The maximum atomic E-state index is 12.4. The Morgan fingerprint density at radius 3 is 2.57 bits per heavy atom. The van der Waals surface area contributed by atoms with Crippen molar-refractivity contribution in [1.82, 2.24) is 15.6 Å². The lowest BCUT2D eigenvalue weighted by Gasteiger charge is -2.56. The quantitative estimate of drug-likeness (QED) is 0.491. The van der Waals surface area contributed by atoms with E-state index >= 15 is 0 Å². The number of aromatic amines is 1. The Labute approximate surface area is 171 Å². The Balaban J connectivity index is 1.29. The molecule has 6 nitrogen and oxygen atoms in total. The Morgan fingerprint density at radius 1 is 1.21 bits per heavy atom. The highest BCUT2D eigenvalue weighted by atomic mass is 79.9. The van der Waals surface area contributed by atoms with Gasteiger partial charge >= 0.3 is 0 Å². The SMILES string of the molecule is O=C(N/N=C\c1cc(Br)ccc1O)c1cc(C23CC4CC(CC(C4)C2)C3)[nH]n1. The van der Waals surface area contributed by atoms with Gasteiger partial charge in [0.25, 0.3) is 5.91 Å². The number of phenols is 1. The largest absolute Gasteiger partial charge is 0.507 e. The number of rotatable bonds is 4. The highest BCUT2D eigenvalue weighted by molar-refractivity contribution is 9.10. The van der Waals surface area contributed by atoms with Crippen LogP contribution in [0.25, 0.3) is 0 Å². The van der Waals surface area contributed by atoms with Gasteiger partial charge in [0.05, 0.1) is 6.21 Å². The summed E-state index contributed by atoms with van der Waals surface area (Å²) in [5.74, 6) is 2.28. The molecule has 4 bridgehead atoms. The molecule has 0 radical (unpaired) electrons. The highest BCUT2D eigenvalue weighted by Crippen LogP contribution is 2.60. The molecule has 4 saturated carbocycles. The molecule has 1 amide bonds. The van der Waals surface area contributed by atoms with E-state index in [9.17, 15) is 9.90 Å². The lowest BCUT2D eigenvalue weighted by atomic mass is 9.49. The molecule has 4 aliphatic rings. The molecule has 0 atom stereocenters. The van der Waals surface area contributed by atoms with Gasteiger partial charge in [0.2, 0.25) is 0 Å². The Bertz CT molecular complexity index is 916. The number of nitrogens with one attached hydrogen (secondary N) is 2. The van der Waals surface area contributed by atoms with Crippen molar-refractivity contribution in [3.8, 4) is 5.75 Å². The molecule has 28 heavy (non-hydrogen) atoms. The van der Waals surface area contributed by atoms with Crippen molar-refractivity contribution in [2.75, 3.05) is 0 Å². The molecule has 7 heteroatoms. The van der Waals surface area contributed by atoms with E-state index in [2.05, 4.69) is 36.7 Å². The number of nitrogens with zero attached hydrogens (tertiary/aromatic N) is 2. The van der Waals surface area contributed by atoms with Gasteiger partial charge in [-0.2, -0.15) is 10.2 Å². The average Bonchev–Trinajstić information content (AvgIpc) is 3.14. The number of carbonyl (C=O) groups is 1. The zero-order chi connectivity index (χ0) is 19.3. The van der Waals surface area contributed by atoms with E-state index in [0.29, 0.717) is 11.3 Å². The summed E-state index contributed by atoms with van der Waals surface area (Å²) >= 11 is 3.35. The number of hydrogen-bond acceptors (Lipinski definition) is 4. The van der Waals surface area contributed by atoms with Gasteiger partial charge in [-0.1, -0.05) is 15.9 Å². The van der Waals surface area contributed by atoms with Crippen LogP contribution in [-0.4, -0.2) is 27.4 Å². The van der Waals surface area contributed by atoms with Crippen LogP contribution in [0.5, 0.6) is 5.75 Å². The number of carbonyl (C=O) groups excluding carboxylic acids is 1. The molecule has 6 rings (SSSR count). The van der Waals surface area contributed by atoms with Crippen LogP contribution < -0.4 is 5.43 Å². The second-order valence-corrected chi connectivity index (χ2v) is 9.68. The van der Waals surface area contributed by atoms with E-state index < -0.39 is 0 Å².